The molecular formula is C14H17Cl2N5. The Bertz CT molecular complexity index is 618. The molecule has 0 amide bonds. The number of halogens is 2. The third kappa shape index (κ3) is 4.12. The Labute approximate surface area is 133 Å². The Hall–Kier alpha value is -1.72. The predicted octanol–water partition coefficient (Wildman–Crippen LogP) is 4.32. The molecule has 0 aliphatic heterocycles. The molecule has 0 aliphatic carbocycles. The number of rotatable bonds is 6. The van der Waals surface area contributed by atoms with Gasteiger partial charge in [0.2, 0.25) is 0 Å². The number of nitrogen functional groups attached to an aromatic ring is 1. The Balaban J connectivity index is 2.20. The summed E-state index contributed by atoms with van der Waals surface area (Å²) in [6.07, 6.45) is 3.60. The smallest absolute Gasteiger partial charge is 0.159 e. The molecule has 0 spiro atoms. The molecule has 2 aromatic rings. The van der Waals surface area contributed by atoms with Crippen molar-refractivity contribution in [3.63, 3.8) is 0 Å². The lowest BCUT2D eigenvalue weighted by molar-refractivity contribution is 0.831. The van der Waals surface area contributed by atoms with E-state index in [1.54, 1.807) is 18.2 Å². The van der Waals surface area contributed by atoms with Gasteiger partial charge in [-0.3, -0.25) is 0 Å². The lowest BCUT2D eigenvalue weighted by Gasteiger charge is -2.13. The number of benzene rings is 1. The highest BCUT2D eigenvalue weighted by Crippen LogP contribution is 2.31. The van der Waals surface area contributed by atoms with E-state index in [9.17, 15) is 0 Å². The standard InChI is InChI=1S/C14H17Cl2N5/c1-2-3-6-18-13-12(17)14(20-8-19-13)21-11-7-9(15)4-5-10(11)16/h4-5,7-8H,2-3,6,17H2,1H3,(H2,18,19,20,21). The van der Waals surface area contributed by atoms with E-state index >= 15 is 0 Å². The zero-order valence-corrected chi connectivity index (χ0v) is 13.2. The number of hydrogen-bond donors (Lipinski definition) is 3. The monoisotopic (exact) mass is 325 g/mol. The van der Waals surface area contributed by atoms with Crippen molar-refractivity contribution < 1.29 is 0 Å². The average Bonchev–Trinajstić information content (AvgIpc) is 2.47. The summed E-state index contributed by atoms with van der Waals surface area (Å²) in [6, 6.07) is 5.15. The first-order chi connectivity index (χ1) is 10.1. The van der Waals surface area contributed by atoms with Crippen molar-refractivity contribution >= 4 is 46.2 Å². The van der Waals surface area contributed by atoms with Crippen LogP contribution < -0.4 is 16.4 Å². The molecule has 5 nitrogen and oxygen atoms in total. The number of unbranched alkanes of at least 4 members (excludes halogenated alkanes) is 1. The third-order valence-corrected chi connectivity index (χ3v) is 3.45. The van der Waals surface area contributed by atoms with Gasteiger partial charge in [-0.25, -0.2) is 9.97 Å². The van der Waals surface area contributed by atoms with Gasteiger partial charge >= 0.3 is 0 Å². The maximum atomic E-state index is 6.12. The Kier molecular flexibility index (Phi) is 5.47. The minimum atomic E-state index is 0.449. The molecule has 0 bridgehead atoms. The molecule has 1 heterocycles. The van der Waals surface area contributed by atoms with E-state index in [0.29, 0.717) is 33.1 Å². The van der Waals surface area contributed by atoms with Gasteiger partial charge in [-0.05, 0) is 24.6 Å². The first-order valence-corrected chi connectivity index (χ1v) is 7.43. The number of nitrogens with zero attached hydrogens (tertiary/aromatic N) is 2. The summed E-state index contributed by atoms with van der Waals surface area (Å²) in [7, 11) is 0. The van der Waals surface area contributed by atoms with Crippen LogP contribution in [0, 0.1) is 0 Å². The molecule has 4 N–H and O–H groups in total. The van der Waals surface area contributed by atoms with E-state index in [0.717, 1.165) is 19.4 Å². The topological polar surface area (TPSA) is 75.9 Å². The second kappa shape index (κ2) is 7.33. The Morgan fingerprint density at radius 3 is 2.71 bits per heavy atom. The van der Waals surface area contributed by atoms with E-state index in [4.69, 9.17) is 28.9 Å². The van der Waals surface area contributed by atoms with Gasteiger partial charge in [-0.15, -0.1) is 0 Å². The summed E-state index contributed by atoms with van der Waals surface area (Å²) in [6.45, 7) is 2.94. The van der Waals surface area contributed by atoms with Gasteiger partial charge in [0.05, 0.1) is 10.7 Å². The Morgan fingerprint density at radius 1 is 1.19 bits per heavy atom. The van der Waals surface area contributed by atoms with Crippen molar-refractivity contribution in [3.8, 4) is 0 Å². The fourth-order valence-electron chi connectivity index (χ4n) is 1.74. The highest BCUT2D eigenvalue weighted by atomic mass is 35.5. The molecule has 112 valence electrons. The molecule has 21 heavy (non-hydrogen) atoms. The first-order valence-electron chi connectivity index (χ1n) is 6.68. The zero-order chi connectivity index (χ0) is 15.2. The van der Waals surface area contributed by atoms with E-state index in [-0.39, 0.29) is 0 Å². The fraction of sp³-hybridized carbons (Fsp3) is 0.286. The number of nitrogens with two attached hydrogens (primary N) is 1. The zero-order valence-electron chi connectivity index (χ0n) is 11.7. The number of hydrogen-bond acceptors (Lipinski definition) is 5. The highest BCUT2D eigenvalue weighted by Gasteiger charge is 2.10. The van der Waals surface area contributed by atoms with Gasteiger partial charge < -0.3 is 16.4 Å². The van der Waals surface area contributed by atoms with Crippen molar-refractivity contribution in [1.29, 1.82) is 0 Å². The molecule has 0 radical (unpaired) electrons. The van der Waals surface area contributed by atoms with Crippen LogP contribution in [0.3, 0.4) is 0 Å². The molecule has 0 aliphatic rings. The third-order valence-electron chi connectivity index (χ3n) is 2.89. The summed E-state index contributed by atoms with van der Waals surface area (Å²) in [5, 5.41) is 7.39. The van der Waals surface area contributed by atoms with Gasteiger partial charge in [0.25, 0.3) is 0 Å². The highest BCUT2D eigenvalue weighted by molar-refractivity contribution is 6.35. The van der Waals surface area contributed by atoms with Crippen molar-refractivity contribution in [2.24, 2.45) is 0 Å². The van der Waals surface area contributed by atoms with Crippen LogP contribution in [0.1, 0.15) is 19.8 Å². The molecule has 7 heteroatoms. The second-order valence-corrected chi connectivity index (χ2v) is 5.36. The van der Waals surface area contributed by atoms with Crippen LogP contribution >= 0.6 is 23.2 Å². The molecule has 0 saturated heterocycles. The lowest BCUT2D eigenvalue weighted by atomic mass is 10.3. The molecule has 0 fully saturated rings. The van der Waals surface area contributed by atoms with E-state index in [1.165, 1.54) is 6.33 Å². The first kappa shape index (κ1) is 15.7. The largest absolute Gasteiger partial charge is 0.393 e. The molecule has 2 rings (SSSR count). The van der Waals surface area contributed by atoms with Crippen molar-refractivity contribution in [3.05, 3.63) is 34.6 Å². The number of anilines is 4. The van der Waals surface area contributed by atoms with Crippen LogP contribution in [-0.2, 0) is 0 Å². The van der Waals surface area contributed by atoms with Crippen molar-refractivity contribution in [1.82, 2.24) is 9.97 Å². The number of nitrogens with one attached hydrogen (secondary N) is 2. The van der Waals surface area contributed by atoms with E-state index < -0.39 is 0 Å². The van der Waals surface area contributed by atoms with E-state index in [1.807, 2.05) is 0 Å². The number of aromatic nitrogens is 2. The second-order valence-electron chi connectivity index (χ2n) is 4.51. The summed E-state index contributed by atoms with van der Waals surface area (Å²) >= 11 is 12.1. The van der Waals surface area contributed by atoms with Crippen LogP contribution in [0.15, 0.2) is 24.5 Å². The maximum Gasteiger partial charge on any atom is 0.159 e. The molecular weight excluding hydrogens is 309 g/mol. The summed E-state index contributed by atoms with van der Waals surface area (Å²) in [5.74, 6) is 1.10. The SMILES string of the molecule is CCCCNc1ncnc(Nc2cc(Cl)ccc2Cl)c1N. The quantitative estimate of drug-likeness (QED) is 0.689. The molecule has 1 aromatic heterocycles. The van der Waals surface area contributed by atoms with Gasteiger partial charge in [-0.1, -0.05) is 36.5 Å². The minimum Gasteiger partial charge on any atom is -0.393 e. The predicted molar refractivity (Wildman–Crippen MR) is 89.6 cm³/mol. The molecule has 0 saturated carbocycles. The van der Waals surface area contributed by atoms with Gasteiger partial charge in [0.15, 0.2) is 11.6 Å². The van der Waals surface area contributed by atoms with Crippen molar-refractivity contribution in [2.45, 2.75) is 19.8 Å². The summed E-state index contributed by atoms with van der Waals surface area (Å²) in [4.78, 5) is 8.29. The van der Waals surface area contributed by atoms with Crippen LogP contribution in [0.25, 0.3) is 0 Å². The van der Waals surface area contributed by atoms with Gasteiger partial charge in [0, 0.05) is 11.6 Å². The summed E-state index contributed by atoms with van der Waals surface area (Å²) < 4.78 is 0. The van der Waals surface area contributed by atoms with Crippen LogP contribution in [0.5, 0.6) is 0 Å². The normalized spacial score (nSPS) is 10.4. The molecule has 1 aromatic carbocycles. The minimum absolute atomic E-state index is 0.449. The van der Waals surface area contributed by atoms with Gasteiger partial charge in [0.1, 0.15) is 12.0 Å². The van der Waals surface area contributed by atoms with Crippen molar-refractivity contribution in [2.75, 3.05) is 22.9 Å². The lowest BCUT2D eigenvalue weighted by Crippen LogP contribution is -2.09. The van der Waals surface area contributed by atoms with Crippen LogP contribution in [0.2, 0.25) is 10.0 Å². The van der Waals surface area contributed by atoms with Crippen LogP contribution in [0.4, 0.5) is 23.0 Å². The Morgan fingerprint density at radius 2 is 1.95 bits per heavy atom. The maximum absolute atomic E-state index is 6.12. The fourth-order valence-corrected chi connectivity index (χ4v) is 2.08. The summed E-state index contributed by atoms with van der Waals surface area (Å²) in [5.41, 5.74) is 7.17. The average molecular weight is 326 g/mol. The molecule has 0 unspecified atom stereocenters. The van der Waals surface area contributed by atoms with E-state index in [2.05, 4.69) is 27.5 Å². The van der Waals surface area contributed by atoms with Crippen LogP contribution in [-0.4, -0.2) is 16.5 Å². The van der Waals surface area contributed by atoms with Gasteiger partial charge in [-0.2, -0.15) is 0 Å². The molecule has 0 atom stereocenters.